The van der Waals surface area contributed by atoms with E-state index in [1.54, 1.807) is 12.1 Å². The van der Waals surface area contributed by atoms with Gasteiger partial charge in [0.05, 0.1) is 0 Å². The van der Waals surface area contributed by atoms with Crippen molar-refractivity contribution in [2.24, 2.45) is 0 Å². The van der Waals surface area contributed by atoms with Crippen LogP contribution < -0.4 is 0 Å². The van der Waals surface area contributed by atoms with Crippen LogP contribution in [0, 0.1) is 0 Å². The maximum absolute atomic E-state index is 9.41. The normalized spacial score (nSPS) is 9.25. The maximum Gasteiger partial charge on any atom is 0.503 e. The molecule has 0 heterocycles. The molecule has 2 rings (SSSR count). The molecule has 0 aliphatic heterocycles. The molecule has 2 aromatic rings. The molecule has 0 saturated heterocycles. The van der Waals surface area contributed by atoms with Crippen LogP contribution in [0.3, 0.4) is 0 Å². The lowest BCUT2D eigenvalue weighted by Crippen LogP contribution is -1.81. The molecule has 0 saturated carbocycles. The second kappa shape index (κ2) is 4.88. The van der Waals surface area contributed by atoms with Gasteiger partial charge in [0.2, 0.25) is 0 Å². The van der Waals surface area contributed by atoms with Crippen LogP contribution in [0.2, 0.25) is 0 Å². The van der Waals surface area contributed by atoms with Gasteiger partial charge >= 0.3 is 6.16 Å². The van der Waals surface area contributed by atoms with Gasteiger partial charge in [-0.1, -0.05) is 30.3 Å². The van der Waals surface area contributed by atoms with Crippen LogP contribution in [0.4, 0.5) is 4.79 Å². The smallest absolute Gasteiger partial charge is 0.503 e. The molecular formula is C11H10O5. The average Bonchev–Trinajstić information content (AvgIpc) is 2.23. The van der Waals surface area contributed by atoms with Crippen molar-refractivity contribution in [2.45, 2.75) is 0 Å². The van der Waals surface area contributed by atoms with Crippen LogP contribution in [0.5, 0.6) is 11.5 Å². The number of rotatable bonds is 0. The van der Waals surface area contributed by atoms with E-state index in [0.29, 0.717) is 5.39 Å². The largest absolute Gasteiger partial charge is 0.504 e. The molecule has 0 fully saturated rings. The highest BCUT2D eigenvalue weighted by Gasteiger charge is 2.02. The number of benzene rings is 2. The molecule has 0 spiro atoms. The summed E-state index contributed by atoms with van der Waals surface area (Å²) in [5.74, 6) is -0.123. The predicted octanol–water partition coefficient (Wildman–Crippen LogP) is 2.47. The number of phenolic OH excluding ortho intramolecular Hbond substituents is 2. The lowest BCUT2D eigenvalue weighted by Gasteiger charge is -2.01. The quantitative estimate of drug-likeness (QED) is 0.513. The molecule has 84 valence electrons. The summed E-state index contributed by atoms with van der Waals surface area (Å²) in [6.45, 7) is 0. The Labute approximate surface area is 90.8 Å². The van der Waals surface area contributed by atoms with Crippen molar-refractivity contribution in [1.29, 1.82) is 0 Å². The summed E-state index contributed by atoms with van der Waals surface area (Å²) in [5, 5.41) is 34.1. The molecule has 16 heavy (non-hydrogen) atoms. The second-order valence-corrected chi connectivity index (χ2v) is 2.94. The predicted molar refractivity (Wildman–Crippen MR) is 57.9 cm³/mol. The highest BCUT2D eigenvalue weighted by Crippen LogP contribution is 2.32. The van der Waals surface area contributed by atoms with Gasteiger partial charge < -0.3 is 20.4 Å². The van der Waals surface area contributed by atoms with Crippen LogP contribution in [0.1, 0.15) is 0 Å². The molecule has 5 nitrogen and oxygen atoms in total. The Morgan fingerprint density at radius 2 is 1.50 bits per heavy atom. The first kappa shape index (κ1) is 11.6. The SMILES string of the molecule is O=C(O)O.Oc1ccc2ccccc2c1O. The van der Waals surface area contributed by atoms with Gasteiger partial charge in [-0.05, 0) is 11.5 Å². The zero-order chi connectivity index (χ0) is 12.1. The van der Waals surface area contributed by atoms with E-state index in [9.17, 15) is 5.11 Å². The Balaban J connectivity index is 0.000000280. The molecule has 0 radical (unpaired) electrons. The molecular weight excluding hydrogens is 212 g/mol. The summed E-state index contributed by atoms with van der Waals surface area (Å²) in [4.78, 5) is 8.56. The van der Waals surface area contributed by atoms with Crippen molar-refractivity contribution < 1.29 is 25.2 Å². The minimum atomic E-state index is -1.83. The van der Waals surface area contributed by atoms with E-state index >= 15 is 0 Å². The molecule has 0 aliphatic carbocycles. The number of carbonyl (C=O) groups is 1. The van der Waals surface area contributed by atoms with Gasteiger partial charge in [0.15, 0.2) is 11.5 Å². The van der Waals surface area contributed by atoms with Crippen LogP contribution in [-0.4, -0.2) is 26.6 Å². The number of phenols is 2. The number of fused-ring (bicyclic) bond motifs is 1. The van der Waals surface area contributed by atoms with Crippen molar-refractivity contribution in [2.75, 3.05) is 0 Å². The zero-order valence-corrected chi connectivity index (χ0v) is 8.16. The van der Waals surface area contributed by atoms with Gasteiger partial charge in [0.25, 0.3) is 0 Å². The van der Waals surface area contributed by atoms with Crippen molar-refractivity contribution in [1.82, 2.24) is 0 Å². The Morgan fingerprint density at radius 1 is 0.938 bits per heavy atom. The van der Waals surface area contributed by atoms with Crippen molar-refractivity contribution in [3.05, 3.63) is 36.4 Å². The van der Waals surface area contributed by atoms with Gasteiger partial charge in [0, 0.05) is 5.39 Å². The molecule has 0 amide bonds. The standard InChI is InChI=1S/C10H8O2.CH2O3/c11-9-6-5-7-3-1-2-4-8(7)10(9)12;2-1(3)4/h1-6,11-12H;(H2,2,3,4). The van der Waals surface area contributed by atoms with Crippen molar-refractivity contribution in [3.63, 3.8) is 0 Å². The average molecular weight is 222 g/mol. The Hall–Kier alpha value is -2.43. The molecule has 0 bridgehead atoms. The van der Waals surface area contributed by atoms with E-state index < -0.39 is 6.16 Å². The Bertz CT molecular complexity index is 503. The fourth-order valence-electron chi connectivity index (χ4n) is 1.24. The molecule has 0 aliphatic rings. The summed E-state index contributed by atoms with van der Waals surface area (Å²) in [6, 6.07) is 10.6. The van der Waals surface area contributed by atoms with Crippen LogP contribution in [0.25, 0.3) is 10.8 Å². The molecule has 0 aromatic heterocycles. The molecule has 0 unspecified atom stereocenters. The van der Waals surface area contributed by atoms with Crippen molar-refractivity contribution in [3.8, 4) is 11.5 Å². The topological polar surface area (TPSA) is 98.0 Å². The zero-order valence-electron chi connectivity index (χ0n) is 8.16. The Kier molecular flexibility index (Phi) is 3.55. The summed E-state index contributed by atoms with van der Waals surface area (Å²) in [6.07, 6.45) is -1.83. The fraction of sp³-hybridized carbons (Fsp3) is 0. The van der Waals surface area contributed by atoms with Gasteiger partial charge in [-0.3, -0.25) is 0 Å². The molecule has 0 atom stereocenters. The van der Waals surface area contributed by atoms with Crippen LogP contribution in [-0.2, 0) is 0 Å². The first-order chi connectivity index (χ1) is 7.52. The lowest BCUT2D eigenvalue weighted by atomic mass is 10.1. The third-order valence-electron chi connectivity index (χ3n) is 1.88. The first-order valence-electron chi connectivity index (χ1n) is 4.34. The highest BCUT2D eigenvalue weighted by atomic mass is 16.6. The van der Waals surface area contributed by atoms with E-state index in [1.807, 2.05) is 18.2 Å². The maximum atomic E-state index is 9.41. The number of aromatic hydroxyl groups is 2. The summed E-state index contributed by atoms with van der Waals surface area (Å²) in [5.41, 5.74) is 0. The van der Waals surface area contributed by atoms with Crippen LogP contribution >= 0.6 is 0 Å². The van der Waals surface area contributed by atoms with Crippen LogP contribution in [0.15, 0.2) is 36.4 Å². The Morgan fingerprint density at radius 3 is 2.12 bits per heavy atom. The van der Waals surface area contributed by atoms with Gasteiger partial charge in [0.1, 0.15) is 0 Å². The third-order valence-corrected chi connectivity index (χ3v) is 1.88. The van der Waals surface area contributed by atoms with E-state index in [-0.39, 0.29) is 11.5 Å². The van der Waals surface area contributed by atoms with Gasteiger partial charge in [-0.15, -0.1) is 0 Å². The summed E-state index contributed by atoms with van der Waals surface area (Å²) >= 11 is 0. The number of carboxylic acid groups (broad SMARTS) is 2. The first-order valence-corrected chi connectivity index (χ1v) is 4.34. The van der Waals surface area contributed by atoms with E-state index in [4.69, 9.17) is 20.1 Å². The monoisotopic (exact) mass is 222 g/mol. The minimum absolute atomic E-state index is 0.0481. The second-order valence-electron chi connectivity index (χ2n) is 2.94. The summed E-state index contributed by atoms with van der Waals surface area (Å²) < 4.78 is 0. The van der Waals surface area contributed by atoms with Gasteiger partial charge in [-0.2, -0.15) is 0 Å². The number of hydrogen-bond donors (Lipinski definition) is 4. The summed E-state index contributed by atoms with van der Waals surface area (Å²) in [7, 11) is 0. The number of hydrogen-bond acceptors (Lipinski definition) is 3. The third kappa shape index (κ3) is 2.78. The lowest BCUT2D eigenvalue weighted by molar-refractivity contribution is 0.137. The fourth-order valence-corrected chi connectivity index (χ4v) is 1.24. The molecule has 4 N–H and O–H groups in total. The van der Waals surface area contributed by atoms with E-state index in [2.05, 4.69) is 0 Å². The van der Waals surface area contributed by atoms with Crippen molar-refractivity contribution >= 4 is 16.9 Å². The molecule has 5 heteroatoms. The highest BCUT2D eigenvalue weighted by molar-refractivity contribution is 5.90. The van der Waals surface area contributed by atoms with E-state index in [0.717, 1.165) is 5.39 Å². The van der Waals surface area contributed by atoms with E-state index in [1.165, 1.54) is 6.07 Å². The molecule has 2 aromatic carbocycles. The minimum Gasteiger partial charge on any atom is -0.504 e. The van der Waals surface area contributed by atoms with Gasteiger partial charge in [-0.25, -0.2) is 4.79 Å².